The van der Waals surface area contributed by atoms with Gasteiger partial charge in [0.15, 0.2) is 5.82 Å². The molecule has 1 saturated heterocycles. The third-order valence-corrected chi connectivity index (χ3v) is 7.30. The molecule has 13 heteroatoms. The zero-order valence-corrected chi connectivity index (χ0v) is 23.4. The highest BCUT2D eigenvalue weighted by Crippen LogP contribution is 2.38. The number of rotatable bonds is 9. The van der Waals surface area contributed by atoms with E-state index in [2.05, 4.69) is 26.3 Å². The normalized spacial score (nSPS) is 14.5. The van der Waals surface area contributed by atoms with Crippen molar-refractivity contribution in [3.8, 4) is 34.3 Å². The van der Waals surface area contributed by atoms with Crippen molar-refractivity contribution in [3.05, 3.63) is 84.2 Å². The molecule has 0 aliphatic carbocycles. The Kier molecular flexibility index (Phi) is 8.10. The summed E-state index contributed by atoms with van der Waals surface area (Å²) in [5.74, 6) is -0.976. The van der Waals surface area contributed by atoms with Crippen LogP contribution in [0.25, 0.3) is 22.5 Å². The Labute approximate surface area is 241 Å². The molecule has 1 aliphatic rings. The molecule has 0 radical (unpaired) electrons. The molecule has 214 valence electrons. The van der Waals surface area contributed by atoms with Gasteiger partial charge in [-0.25, -0.2) is 14.4 Å². The Morgan fingerprint density at radius 3 is 2.76 bits per heavy atom. The number of ether oxygens (including phenoxy) is 1. The monoisotopic (exact) mass is 588 g/mol. The minimum atomic E-state index is -3.65. The SMILES string of the molecule is COc1cccc(F)c1-c1nccc(C(=O)Nc2ccc(-c3cnccc3C#N)cc2N2CCC2COS(C)(=O)=O)n1. The lowest BCUT2D eigenvalue weighted by Crippen LogP contribution is -2.51. The first-order valence-corrected chi connectivity index (χ1v) is 14.6. The van der Waals surface area contributed by atoms with Crippen LogP contribution in [0, 0.1) is 17.1 Å². The number of anilines is 2. The molecule has 1 aliphatic heterocycles. The van der Waals surface area contributed by atoms with Crippen LogP contribution < -0.4 is 15.0 Å². The van der Waals surface area contributed by atoms with Gasteiger partial charge in [-0.15, -0.1) is 0 Å². The lowest BCUT2D eigenvalue weighted by atomic mass is 9.97. The highest BCUT2D eigenvalue weighted by atomic mass is 32.2. The van der Waals surface area contributed by atoms with Crippen molar-refractivity contribution in [2.75, 3.05) is 36.7 Å². The molecular weight excluding hydrogens is 563 g/mol. The van der Waals surface area contributed by atoms with E-state index in [0.29, 0.717) is 41.0 Å². The molecule has 0 saturated carbocycles. The number of carbonyl (C=O) groups excluding carboxylic acids is 1. The van der Waals surface area contributed by atoms with Crippen molar-refractivity contribution in [1.82, 2.24) is 15.0 Å². The number of benzene rings is 2. The smallest absolute Gasteiger partial charge is 0.274 e. The second-order valence-corrected chi connectivity index (χ2v) is 11.1. The van der Waals surface area contributed by atoms with Gasteiger partial charge in [-0.1, -0.05) is 12.1 Å². The fraction of sp³-hybridized carbons (Fsp3) is 0.207. The van der Waals surface area contributed by atoms with E-state index < -0.39 is 21.8 Å². The zero-order chi connectivity index (χ0) is 29.9. The van der Waals surface area contributed by atoms with Gasteiger partial charge in [-0.05, 0) is 48.4 Å². The number of aromatic nitrogens is 3. The highest BCUT2D eigenvalue weighted by Gasteiger charge is 2.32. The van der Waals surface area contributed by atoms with Gasteiger partial charge < -0.3 is 15.0 Å². The number of hydrogen-bond acceptors (Lipinski definition) is 10. The van der Waals surface area contributed by atoms with Crippen LogP contribution in [0.3, 0.4) is 0 Å². The van der Waals surface area contributed by atoms with E-state index in [9.17, 15) is 22.9 Å². The van der Waals surface area contributed by atoms with Crippen molar-refractivity contribution < 1.29 is 26.5 Å². The van der Waals surface area contributed by atoms with Gasteiger partial charge in [0.25, 0.3) is 16.0 Å². The quantitative estimate of drug-likeness (QED) is 0.284. The van der Waals surface area contributed by atoms with E-state index in [-0.39, 0.29) is 35.5 Å². The first-order chi connectivity index (χ1) is 20.2. The third kappa shape index (κ3) is 6.04. The van der Waals surface area contributed by atoms with Gasteiger partial charge in [0.05, 0.1) is 54.6 Å². The number of halogens is 1. The number of methoxy groups -OCH3 is 1. The fourth-order valence-corrected chi connectivity index (χ4v) is 4.99. The first kappa shape index (κ1) is 28.6. The van der Waals surface area contributed by atoms with E-state index in [0.717, 1.165) is 6.26 Å². The lowest BCUT2D eigenvalue weighted by molar-refractivity contribution is 0.102. The van der Waals surface area contributed by atoms with Crippen LogP contribution >= 0.6 is 0 Å². The largest absolute Gasteiger partial charge is 0.496 e. The number of nitrogens with one attached hydrogen (secondary N) is 1. The number of pyridine rings is 1. The maximum atomic E-state index is 14.7. The van der Waals surface area contributed by atoms with Crippen molar-refractivity contribution in [2.45, 2.75) is 12.5 Å². The maximum Gasteiger partial charge on any atom is 0.274 e. The number of carbonyl (C=O) groups is 1. The highest BCUT2D eigenvalue weighted by molar-refractivity contribution is 7.85. The van der Waals surface area contributed by atoms with Gasteiger partial charge in [0.2, 0.25) is 0 Å². The zero-order valence-electron chi connectivity index (χ0n) is 22.6. The summed E-state index contributed by atoms with van der Waals surface area (Å²) in [6.07, 6.45) is 6.12. The van der Waals surface area contributed by atoms with E-state index >= 15 is 0 Å². The molecule has 3 heterocycles. The van der Waals surface area contributed by atoms with Crippen LogP contribution in [-0.2, 0) is 14.3 Å². The predicted octanol–water partition coefficient (Wildman–Crippen LogP) is 4.03. The van der Waals surface area contributed by atoms with Gasteiger partial charge in [0, 0.05) is 30.7 Å². The Morgan fingerprint density at radius 2 is 2.05 bits per heavy atom. The van der Waals surface area contributed by atoms with Crippen molar-refractivity contribution in [1.29, 1.82) is 5.26 Å². The van der Waals surface area contributed by atoms with Crippen molar-refractivity contribution in [3.63, 3.8) is 0 Å². The minimum absolute atomic E-state index is 0.0140. The van der Waals surface area contributed by atoms with Crippen LogP contribution in [0.4, 0.5) is 15.8 Å². The summed E-state index contributed by atoms with van der Waals surface area (Å²) >= 11 is 0. The second kappa shape index (κ2) is 11.9. The molecule has 2 aromatic heterocycles. The summed E-state index contributed by atoms with van der Waals surface area (Å²) in [5, 5.41) is 12.5. The summed E-state index contributed by atoms with van der Waals surface area (Å²) in [7, 11) is -2.25. The molecule has 0 spiro atoms. The van der Waals surface area contributed by atoms with Crippen LogP contribution in [0.1, 0.15) is 22.5 Å². The second-order valence-electron chi connectivity index (χ2n) is 9.43. The summed E-state index contributed by atoms with van der Waals surface area (Å²) < 4.78 is 48.2. The first-order valence-electron chi connectivity index (χ1n) is 12.8. The standard InChI is InChI=1S/C29H25FN6O5S/c1-40-26-5-3-4-22(30)27(26)28-33-12-9-24(34-28)29(37)35-23-7-6-18(21-16-32-11-8-19(21)15-31)14-25(23)36-13-10-20(36)17-41-42(2,38)39/h3-9,11-12,14,16,20H,10,13,17H2,1-2H3,(H,35,37). The van der Waals surface area contributed by atoms with Crippen LogP contribution in [0.15, 0.2) is 67.1 Å². The molecule has 11 nitrogen and oxygen atoms in total. The molecular formula is C29H25FN6O5S. The van der Waals surface area contributed by atoms with Gasteiger partial charge >= 0.3 is 0 Å². The molecule has 42 heavy (non-hydrogen) atoms. The van der Waals surface area contributed by atoms with Crippen LogP contribution in [-0.4, -0.2) is 61.8 Å². The van der Waals surface area contributed by atoms with E-state index in [1.54, 1.807) is 36.5 Å². The molecule has 0 bridgehead atoms. The Hall–Kier alpha value is -4.93. The van der Waals surface area contributed by atoms with Gasteiger partial charge in [-0.3, -0.25) is 14.0 Å². The Balaban J connectivity index is 1.50. The van der Waals surface area contributed by atoms with Gasteiger partial charge in [-0.2, -0.15) is 13.7 Å². The number of nitriles is 1. The predicted molar refractivity (Wildman–Crippen MR) is 153 cm³/mol. The van der Waals surface area contributed by atoms with Crippen molar-refractivity contribution >= 4 is 27.4 Å². The number of amides is 1. The average Bonchev–Trinajstić information content (AvgIpc) is 2.96. The summed E-state index contributed by atoms with van der Waals surface area (Å²) in [4.78, 5) is 27.9. The summed E-state index contributed by atoms with van der Waals surface area (Å²) in [6, 6.07) is 14.4. The average molecular weight is 589 g/mol. The fourth-order valence-electron chi connectivity index (χ4n) is 4.58. The van der Waals surface area contributed by atoms with Crippen molar-refractivity contribution in [2.24, 2.45) is 0 Å². The summed E-state index contributed by atoms with van der Waals surface area (Å²) in [6.45, 7) is 0.513. The van der Waals surface area contributed by atoms with E-state index in [1.807, 2.05) is 4.90 Å². The Bertz CT molecular complexity index is 1810. The van der Waals surface area contributed by atoms with Crippen LogP contribution in [0.2, 0.25) is 0 Å². The maximum absolute atomic E-state index is 14.7. The molecule has 1 atom stereocenters. The molecule has 4 aromatic rings. The molecule has 1 unspecified atom stereocenters. The number of hydrogen-bond donors (Lipinski definition) is 1. The molecule has 5 rings (SSSR count). The van der Waals surface area contributed by atoms with E-state index in [1.165, 1.54) is 37.7 Å². The Morgan fingerprint density at radius 1 is 1.21 bits per heavy atom. The molecule has 1 amide bonds. The topological polar surface area (TPSA) is 147 Å². The molecule has 1 N–H and O–H groups in total. The van der Waals surface area contributed by atoms with Crippen LogP contribution in [0.5, 0.6) is 5.75 Å². The molecule has 2 aromatic carbocycles. The lowest BCUT2D eigenvalue weighted by Gasteiger charge is -2.43. The molecule has 1 fully saturated rings. The van der Waals surface area contributed by atoms with Gasteiger partial charge in [0.1, 0.15) is 17.3 Å². The third-order valence-electron chi connectivity index (χ3n) is 6.73. The minimum Gasteiger partial charge on any atom is -0.496 e. The number of nitrogens with zero attached hydrogens (tertiary/aromatic N) is 5. The van der Waals surface area contributed by atoms with E-state index in [4.69, 9.17) is 8.92 Å². The summed E-state index contributed by atoms with van der Waals surface area (Å²) in [5.41, 5.74) is 2.72.